The fourth-order valence-corrected chi connectivity index (χ4v) is 0.915. The van der Waals surface area contributed by atoms with Crippen molar-refractivity contribution in [3.05, 3.63) is 17.5 Å². The topological polar surface area (TPSA) is 58.0 Å². The van der Waals surface area contributed by atoms with Crippen LogP contribution in [0.4, 0.5) is 5.82 Å². The van der Waals surface area contributed by atoms with Crippen LogP contribution in [0, 0.1) is 0 Å². The molecule has 72 valence electrons. The number of aromatic nitrogens is 2. The third-order valence-corrected chi connectivity index (χ3v) is 1.63. The monoisotopic (exact) mass is 201 g/mol. The van der Waals surface area contributed by atoms with Crippen molar-refractivity contribution in [2.45, 2.75) is 19.4 Å². The number of nitrogens with zero attached hydrogens (tertiary/aromatic N) is 2. The van der Waals surface area contributed by atoms with Gasteiger partial charge in [0.05, 0.1) is 11.8 Å². The lowest BCUT2D eigenvalue weighted by Gasteiger charge is -2.18. The van der Waals surface area contributed by atoms with Crippen molar-refractivity contribution >= 4 is 17.4 Å². The highest BCUT2D eigenvalue weighted by Crippen LogP contribution is 2.16. The summed E-state index contributed by atoms with van der Waals surface area (Å²) in [5.74, 6) is 0.541. The zero-order valence-electron chi connectivity index (χ0n) is 7.58. The van der Waals surface area contributed by atoms with Crippen LogP contribution in [-0.2, 0) is 0 Å². The maximum Gasteiger partial charge on any atom is 0.148 e. The summed E-state index contributed by atoms with van der Waals surface area (Å²) in [5, 5.41) is 12.8. The van der Waals surface area contributed by atoms with E-state index in [0.717, 1.165) is 0 Å². The summed E-state index contributed by atoms with van der Waals surface area (Å²) < 4.78 is 0. The van der Waals surface area contributed by atoms with Crippen LogP contribution < -0.4 is 5.32 Å². The van der Waals surface area contributed by atoms with Gasteiger partial charge >= 0.3 is 0 Å². The summed E-state index contributed by atoms with van der Waals surface area (Å²) in [5.41, 5.74) is -0.783. The molecule has 1 rings (SSSR count). The molecule has 5 heteroatoms. The molecular weight excluding hydrogens is 190 g/mol. The van der Waals surface area contributed by atoms with Gasteiger partial charge in [0.15, 0.2) is 0 Å². The van der Waals surface area contributed by atoms with Crippen molar-refractivity contribution < 1.29 is 5.11 Å². The molecule has 0 saturated carbocycles. The van der Waals surface area contributed by atoms with Crippen LogP contribution in [0.1, 0.15) is 13.8 Å². The summed E-state index contributed by atoms with van der Waals surface area (Å²) in [6.07, 6.45) is 2.90. The van der Waals surface area contributed by atoms with E-state index in [1.807, 2.05) is 0 Å². The van der Waals surface area contributed by atoms with Crippen LogP contribution >= 0.6 is 11.6 Å². The summed E-state index contributed by atoms with van der Waals surface area (Å²) in [7, 11) is 0. The molecule has 0 aliphatic heterocycles. The number of nitrogens with one attached hydrogen (secondary N) is 1. The maximum atomic E-state index is 9.42. The Labute approximate surface area is 82.0 Å². The molecule has 4 nitrogen and oxygen atoms in total. The van der Waals surface area contributed by atoms with Crippen molar-refractivity contribution in [2.75, 3.05) is 11.9 Å². The second kappa shape index (κ2) is 3.89. The van der Waals surface area contributed by atoms with E-state index in [2.05, 4.69) is 15.3 Å². The second-order valence-electron chi connectivity index (χ2n) is 3.39. The normalized spacial score (nSPS) is 11.4. The van der Waals surface area contributed by atoms with Gasteiger partial charge in [0.2, 0.25) is 0 Å². The quantitative estimate of drug-likeness (QED) is 0.775. The molecule has 0 atom stereocenters. The molecule has 0 fully saturated rings. The van der Waals surface area contributed by atoms with E-state index >= 15 is 0 Å². The Hall–Kier alpha value is -0.870. The molecule has 0 aliphatic rings. The third kappa shape index (κ3) is 3.57. The van der Waals surface area contributed by atoms with E-state index in [9.17, 15) is 5.11 Å². The molecule has 13 heavy (non-hydrogen) atoms. The number of aliphatic hydroxyl groups is 1. The van der Waals surface area contributed by atoms with Gasteiger partial charge in [-0.05, 0) is 13.8 Å². The lowest BCUT2D eigenvalue weighted by atomic mass is 10.1. The van der Waals surface area contributed by atoms with Gasteiger partial charge in [0, 0.05) is 6.54 Å². The van der Waals surface area contributed by atoms with Crippen LogP contribution in [0.5, 0.6) is 0 Å². The first-order valence-electron chi connectivity index (χ1n) is 3.91. The molecule has 0 bridgehead atoms. The average Bonchev–Trinajstić information content (AvgIpc) is 2.01. The molecule has 0 unspecified atom stereocenters. The molecule has 1 aromatic rings. The minimum Gasteiger partial charge on any atom is -0.389 e. The fraction of sp³-hybridized carbons (Fsp3) is 0.500. The predicted octanol–water partition coefficient (Wildman–Crippen LogP) is 1.31. The van der Waals surface area contributed by atoms with E-state index in [1.54, 1.807) is 13.8 Å². The predicted molar refractivity (Wildman–Crippen MR) is 51.8 cm³/mol. The van der Waals surface area contributed by atoms with Gasteiger partial charge in [-0.25, -0.2) is 9.97 Å². The number of anilines is 1. The minimum atomic E-state index is -0.783. The Morgan fingerprint density at radius 2 is 2.31 bits per heavy atom. The van der Waals surface area contributed by atoms with E-state index < -0.39 is 5.60 Å². The Balaban J connectivity index is 2.60. The summed E-state index contributed by atoms with van der Waals surface area (Å²) in [6.45, 7) is 3.80. The van der Waals surface area contributed by atoms with Crippen molar-refractivity contribution in [3.63, 3.8) is 0 Å². The van der Waals surface area contributed by atoms with Crippen LogP contribution in [0.2, 0.25) is 5.02 Å². The summed E-state index contributed by atoms with van der Waals surface area (Å²) in [6, 6.07) is 0. The van der Waals surface area contributed by atoms with Crippen molar-refractivity contribution in [2.24, 2.45) is 0 Å². The summed E-state index contributed by atoms with van der Waals surface area (Å²) in [4.78, 5) is 7.66. The highest BCUT2D eigenvalue weighted by molar-refractivity contribution is 6.32. The van der Waals surface area contributed by atoms with Gasteiger partial charge in [0.1, 0.15) is 17.2 Å². The third-order valence-electron chi connectivity index (χ3n) is 1.36. The minimum absolute atomic E-state index is 0.393. The highest BCUT2D eigenvalue weighted by Gasteiger charge is 2.12. The lowest BCUT2D eigenvalue weighted by molar-refractivity contribution is 0.0944. The van der Waals surface area contributed by atoms with Gasteiger partial charge < -0.3 is 10.4 Å². The Morgan fingerprint density at radius 3 is 2.85 bits per heavy atom. The molecule has 0 aliphatic carbocycles. The Kier molecular flexibility index (Phi) is 3.06. The zero-order chi connectivity index (χ0) is 9.90. The number of rotatable bonds is 3. The number of hydrogen-bond donors (Lipinski definition) is 2. The van der Waals surface area contributed by atoms with Gasteiger partial charge in [-0.1, -0.05) is 11.6 Å². The highest BCUT2D eigenvalue weighted by atomic mass is 35.5. The Bertz CT molecular complexity index is 285. The molecule has 1 aromatic heterocycles. The smallest absolute Gasteiger partial charge is 0.148 e. The molecule has 0 spiro atoms. The first-order valence-corrected chi connectivity index (χ1v) is 4.28. The van der Waals surface area contributed by atoms with E-state index in [-0.39, 0.29) is 0 Å². The first-order chi connectivity index (χ1) is 5.99. The van der Waals surface area contributed by atoms with Crippen LogP contribution in [0.3, 0.4) is 0 Å². The van der Waals surface area contributed by atoms with Gasteiger partial charge in [0.25, 0.3) is 0 Å². The van der Waals surface area contributed by atoms with Crippen molar-refractivity contribution in [1.82, 2.24) is 9.97 Å². The number of hydrogen-bond acceptors (Lipinski definition) is 4. The van der Waals surface area contributed by atoms with Crippen molar-refractivity contribution in [1.29, 1.82) is 0 Å². The largest absolute Gasteiger partial charge is 0.389 e. The molecule has 0 aromatic carbocycles. The SMILES string of the molecule is CC(C)(O)CNc1ncncc1Cl. The van der Waals surface area contributed by atoms with Crippen molar-refractivity contribution in [3.8, 4) is 0 Å². The zero-order valence-corrected chi connectivity index (χ0v) is 8.34. The van der Waals surface area contributed by atoms with Crippen LogP contribution in [0.25, 0.3) is 0 Å². The molecule has 0 saturated heterocycles. The van der Waals surface area contributed by atoms with E-state index in [4.69, 9.17) is 11.6 Å². The van der Waals surface area contributed by atoms with Crippen LogP contribution in [-0.4, -0.2) is 27.2 Å². The van der Waals surface area contributed by atoms with Gasteiger partial charge in [-0.15, -0.1) is 0 Å². The van der Waals surface area contributed by atoms with Gasteiger partial charge in [-0.3, -0.25) is 0 Å². The van der Waals surface area contributed by atoms with E-state index in [0.29, 0.717) is 17.4 Å². The summed E-state index contributed by atoms with van der Waals surface area (Å²) >= 11 is 5.78. The second-order valence-corrected chi connectivity index (χ2v) is 3.79. The Morgan fingerprint density at radius 1 is 1.62 bits per heavy atom. The molecule has 0 amide bonds. The average molecular weight is 202 g/mol. The molecule has 2 N–H and O–H groups in total. The number of halogens is 1. The van der Waals surface area contributed by atoms with Gasteiger partial charge in [-0.2, -0.15) is 0 Å². The first kappa shape index (κ1) is 10.2. The fourth-order valence-electron chi connectivity index (χ4n) is 0.743. The van der Waals surface area contributed by atoms with Crippen LogP contribution in [0.15, 0.2) is 12.5 Å². The molecular formula is C8H12ClN3O. The molecule has 0 radical (unpaired) electrons. The maximum absolute atomic E-state index is 9.42. The standard InChI is InChI=1S/C8H12ClN3O/c1-8(2,13)4-11-7-6(9)3-10-5-12-7/h3,5,13H,4H2,1-2H3,(H,10,11,12). The lowest BCUT2D eigenvalue weighted by Crippen LogP contribution is -2.29. The molecule has 1 heterocycles. The van der Waals surface area contributed by atoms with E-state index in [1.165, 1.54) is 12.5 Å².